The molecule has 0 fully saturated rings. The molecule has 0 spiro atoms. The zero-order valence-electron chi connectivity index (χ0n) is 13.9. The number of hydrogen-bond donors (Lipinski definition) is 2. The van der Waals surface area contributed by atoms with Crippen LogP contribution in [0.15, 0.2) is 52.0 Å². The first kappa shape index (κ1) is 19.5. The molecule has 0 aliphatic heterocycles. The van der Waals surface area contributed by atoms with E-state index < -0.39 is 28.5 Å². The van der Waals surface area contributed by atoms with Crippen LogP contribution in [0.5, 0.6) is 5.75 Å². The maximum Gasteiger partial charge on any atom is 0.341 e. The van der Waals surface area contributed by atoms with Gasteiger partial charge in [-0.05, 0) is 36.4 Å². The molecule has 2 aromatic rings. The average Bonchev–Trinajstić information content (AvgIpc) is 3.12. The summed E-state index contributed by atoms with van der Waals surface area (Å²) in [6, 6.07) is 8.63. The van der Waals surface area contributed by atoms with E-state index in [1.54, 1.807) is 12.1 Å². The van der Waals surface area contributed by atoms with Gasteiger partial charge in [0.2, 0.25) is 15.9 Å². The Kier molecular flexibility index (Phi) is 6.36. The molecule has 0 aliphatic carbocycles. The Hall–Kier alpha value is -2.85. The van der Waals surface area contributed by atoms with Crippen molar-refractivity contribution in [2.75, 3.05) is 20.2 Å². The van der Waals surface area contributed by atoms with E-state index in [4.69, 9.17) is 14.3 Å². The number of sulfonamides is 1. The SMILES string of the molecule is CN(CC(=O)NCc1ccco1)S(=O)(=O)c1ccc(OCC(=O)O)cc1. The Bertz CT molecular complexity index is 845. The van der Waals surface area contributed by atoms with Gasteiger partial charge in [0.05, 0.1) is 24.2 Å². The van der Waals surface area contributed by atoms with Gasteiger partial charge in [-0.2, -0.15) is 4.31 Å². The van der Waals surface area contributed by atoms with Crippen molar-refractivity contribution >= 4 is 21.9 Å². The van der Waals surface area contributed by atoms with Crippen molar-refractivity contribution in [2.24, 2.45) is 0 Å². The summed E-state index contributed by atoms with van der Waals surface area (Å²) >= 11 is 0. The van der Waals surface area contributed by atoms with Crippen molar-refractivity contribution in [3.63, 3.8) is 0 Å². The second-order valence-corrected chi connectivity index (χ2v) is 7.32. The van der Waals surface area contributed by atoms with E-state index in [1.165, 1.54) is 37.6 Å². The summed E-state index contributed by atoms with van der Waals surface area (Å²) in [6.45, 7) is -0.725. The number of furan rings is 1. The Morgan fingerprint density at radius 1 is 1.23 bits per heavy atom. The normalized spacial score (nSPS) is 11.3. The molecule has 26 heavy (non-hydrogen) atoms. The molecule has 140 valence electrons. The smallest absolute Gasteiger partial charge is 0.341 e. The highest BCUT2D eigenvalue weighted by atomic mass is 32.2. The number of carboxylic acid groups (broad SMARTS) is 1. The molecule has 0 radical (unpaired) electrons. The minimum absolute atomic E-state index is 0.0403. The number of carboxylic acids is 1. The Balaban J connectivity index is 1.94. The quantitative estimate of drug-likeness (QED) is 0.653. The van der Waals surface area contributed by atoms with Crippen molar-refractivity contribution in [1.29, 1.82) is 0 Å². The maximum absolute atomic E-state index is 12.5. The van der Waals surface area contributed by atoms with Crippen LogP contribution in [-0.4, -0.2) is 49.9 Å². The Morgan fingerprint density at radius 3 is 2.50 bits per heavy atom. The molecule has 2 N–H and O–H groups in total. The summed E-state index contributed by atoms with van der Waals surface area (Å²) in [6.07, 6.45) is 1.47. The summed E-state index contributed by atoms with van der Waals surface area (Å²) in [4.78, 5) is 22.3. The maximum atomic E-state index is 12.5. The molecule has 0 saturated heterocycles. The van der Waals surface area contributed by atoms with Crippen molar-refractivity contribution in [2.45, 2.75) is 11.4 Å². The lowest BCUT2D eigenvalue weighted by molar-refractivity contribution is -0.139. The van der Waals surface area contributed by atoms with Crippen LogP contribution in [0.3, 0.4) is 0 Å². The summed E-state index contributed by atoms with van der Waals surface area (Å²) < 4.78 is 35.9. The number of likely N-dealkylation sites (N-methyl/N-ethyl adjacent to an activating group) is 1. The summed E-state index contributed by atoms with van der Waals surface area (Å²) in [7, 11) is -2.59. The zero-order valence-corrected chi connectivity index (χ0v) is 14.7. The van der Waals surface area contributed by atoms with Gasteiger partial charge in [0, 0.05) is 7.05 Å². The number of ether oxygens (including phenoxy) is 1. The molecule has 0 aliphatic rings. The fraction of sp³-hybridized carbons (Fsp3) is 0.250. The van der Waals surface area contributed by atoms with Crippen LogP contribution in [0.2, 0.25) is 0 Å². The number of nitrogens with zero attached hydrogens (tertiary/aromatic N) is 1. The van der Waals surface area contributed by atoms with Gasteiger partial charge in [0.15, 0.2) is 6.61 Å². The first-order valence-corrected chi connectivity index (χ1v) is 8.93. The van der Waals surface area contributed by atoms with Gasteiger partial charge in [-0.15, -0.1) is 0 Å². The van der Waals surface area contributed by atoms with Crippen molar-refractivity contribution < 1.29 is 32.3 Å². The van der Waals surface area contributed by atoms with Gasteiger partial charge in [0.1, 0.15) is 11.5 Å². The number of hydrogen-bond acceptors (Lipinski definition) is 6. The molecule has 10 heteroatoms. The zero-order chi connectivity index (χ0) is 19.2. The van der Waals surface area contributed by atoms with Gasteiger partial charge in [-0.3, -0.25) is 4.79 Å². The molecule has 1 heterocycles. The number of carbonyl (C=O) groups is 2. The fourth-order valence-corrected chi connectivity index (χ4v) is 3.10. The second-order valence-electron chi connectivity index (χ2n) is 5.27. The molecule has 0 saturated carbocycles. The van der Waals surface area contributed by atoms with E-state index in [0.29, 0.717) is 5.76 Å². The van der Waals surface area contributed by atoms with Crippen molar-refractivity contribution in [3.8, 4) is 5.75 Å². The van der Waals surface area contributed by atoms with Gasteiger partial charge < -0.3 is 19.6 Å². The highest BCUT2D eigenvalue weighted by molar-refractivity contribution is 7.89. The largest absolute Gasteiger partial charge is 0.482 e. The van der Waals surface area contributed by atoms with Crippen LogP contribution in [0.1, 0.15) is 5.76 Å². The fourth-order valence-electron chi connectivity index (χ4n) is 1.97. The molecule has 1 aromatic heterocycles. The van der Waals surface area contributed by atoms with Crippen LogP contribution in [0, 0.1) is 0 Å². The van der Waals surface area contributed by atoms with E-state index in [0.717, 1.165) is 4.31 Å². The first-order valence-electron chi connectivity index (χ1n) is 7.49. The van der Waals surface area contributed by atoms with E-state index >= 15 is 0 Å². The molecule has 2 rings (SSSR count). The first-order chi connectivity index (χ1) is 12.3. The van der Waals surface area contributed by atoms with Crippen LogP contribution < -0.4 is 10.1 Å². The highest BCUT2D eigenvalue weighted by Crippen LogP contribution is 2.18. The van der Waals surface area contributed by atoms with Gasteiger partial charge in [0.25, 0.3) is 0 Å². The molecular weight excluding hydrogens is 364 g/mol. The minimum Gasteiger partial charge on any atom is -0.482 e. The van der Waals surface area contributed by atoms with E-state index in [-0.39, 0.29) is 23.7 Å². The molecule has 0 atom stereocenters. The number of carbonyl (C=O) groups excluding carboxylic acids is 1. The van der Waals surface area contributed by atoms with Crippen LogP contribution in [0.4, 0.5) is 0 Å². The minimum atomic E-state index is -3.88. The van der Waals surface area contributed by atoms with E-state index in [1.807, 2.05) is 0 Å². The topological polar surface area (TPSA) is 126 Å². The van der Waals surface area contributed by atoms with Crippen LogP contribution in [-0.2, 0) is 26.2 Å². The summed E-state index contributed by atoms with van der Waals surface area (Å²) in [5, 5.41) is 11.1. The third kappa shape index (κ3) is 5.33. The Labute approximate surface area is 150 Å². The predicted octanol–water partition coefficient (Wildman–Crippen LogP) is 0.680. The average molecular weight is 382 g/mol. The monoisotopic (exact) mass is 382 g/mol. The standard InChI is InChI=1S/C16H18N2O7S/c1-18(10-15(19)17-9-13-3-2-8-24-13)26(22,23)14-6-4-12(5-7-14)25-11-16(20)21/h2-8H,9-11H2,1H3,(H,17,19)(H,20,21). The number of amides is 1. The van der Waals surface area contributed by atoms with Gasteiger partial charge >= 0.3 is 5.97 Å². The van der Waals surface area contributed by atoms with Gasteiger partial charge in [-0.1, -0.05) is 0 Å². The lowest BCUT2D eigenvalue weighted by atomic mass is 10.3. The summed E-state index contributed by atoms with van der Waals surface area (Å²) in [5.74, 6) is -0.832. The lowest BCUT2D eigenvalue weighted by Crippen LogP contribution is -2.38. The van der Waals surface area contributed by atoms with E-state index in [2.05, 4.69) is 5.32 Å². The molecule has 0 unspecified atom stereocenters. The molecule has 0 bridgehead atoms. The molecule has 1 amide bonds. The number of aliphatic carboxylic acids is 1. The number of benzene rings is 1. The van der Waals surface area contributed by atoms with Crippen molar-refractivity contribution in [1.82, 2.24) is 9.62 Å². The Morgan fingerprint density at radius 2 is 1.92 bits per heavy atom. The highest BCUT2D eigenvalue weighted by Gasteiger charge is 2.23. The molecule has 9 nitrogen and oxygen atoms in total. The third-order valence-electron chi connectivity index (χ3n) is 3.30. The van der Waals surface area contributed by atoms with E-state index in [9.17, 15) is 18.0 Å². The third-order valence-corrected chi connectivity index (χ3v) is 5.12. The van der Waals surface area contributed by atoms with Crippen molar-refractivity contribution in [3.05, 3.63) is 48.4 Å². The predicted molar refractivity (Wildman–Crippen MR) is 89.9 cm³/mol. The summed E-state index contributed by atoms with van der Waals surface area (Å²) in [5.41, 5.74) is 0. The second kappa shape index (κ2) is 8.50. The number of nitrogens with one attached hydrogen (secondary N) is 1. The molecule has 1 aromatic carbocycles. The lowest BCUT2D eigenvalue weighted by Gasteiger charge is -2.17. The van der Waals surface area contributed by atoms with Gasteiger partial charge in [-0.25, -0.2) is 13.2 Å². The number of rotatable bonds is 9. The van der Waals surface area contributed by atoms with Crippen LogP contribution in [0.25, 0.3) is 0 Å². The van der Waals surface area contributed by atoms with Crippen LogP contribution >= 0.6 is 0 Å². The molecular formula is C16H18N2O7S.